The van der Waals surface area contributed by atoms with Crippen molar-refractivity contribution in [3.63, 3.8) is 0 Å². The van der Waals surface area contributed by atoms with Crippen LogP contribution in [0.5, 0.6) is 0 Å². The zero-order valence-electron chi connectivity index (χ0n) is 9.95. The first-order valence-corrected chi connectivity index (χ1v) is 6.66. The third-order valence-corrected chi connectivity index (χ3v) is 3.55. The van der Waals surface area contributed by atoms with Crippen LogP contribution in [0.3, 0.4) is 0 Å². The number of pyridine rings is 1. The lowest BCUT2D eigenvalue weighted by atomic mass is 9.97. The van der Waals surface area contributed by atoms with Crippen molar-refractivity contribution in [2.45, 2.75) is 19.0 Å². The number of alkyl halides is 3. The van der Waals surface area contributed by atoms with Gasteiger partial charge in [-0.25, -0.2) is 4.98 Å². The van der Waals surface area contributed by atoms with E-state index in [0.717, 1.165) is 0 Å². The zero-order valence-corrected chi connectivity index (χ0v) is 11.5. The number of carbonyl (C=O) groups excluding carboxylic acids is 1. The molecule has 0 radical (unpaired) electrons. The third kappa shape index (κ3) is 3.46. The fourth-order valence-electron chi connectivity index (χ4n) is 2.12. The number of likely N-dealkylation sites (tertiary alicyclic amines) is 1. The summed E-state index contributed by atoms with van der Waals surface area (Å²) in [6.45, 7) is 0.0656. The van der Waals surface area contributed by atoms with Gasteiger partial charge in [-0.3, -0.25) is 4.79 Å². The molecule has 1 aliphatic heterocycles. The molecule has 2 heterocycles. The van der Waals surface area contributed by atoms with Gasteiger partial charge in [0.05, 0.1) is 5.92 Å². The number of carbonyl (C=O) groups is 1. The van der Waals surface area contributed by atoms with Crippen LogP contribution in [0.15, 0.2) is 22.8 Å². The Balaban J connectivity index is 2.11. The molecule has 1 atom stereocenters. The van der Waals surface area contributed by atoms with E-state index in [0.29, 0.717) is 17.6 Å². The van der Waals surface area contributed by atoms with Gasteiger partial charge in [-0.05, 0) is 40.9 Å². The molecule has 7 heteroatoms. The van der Waals surface area contributed by atoms with Crippen LogP contribution in [-0.4, -0.2) is 35.1 Å². The van der Waals surface area contributed by atoms with Crippen LogP contribution in [0, 0.1) is 5.92 Å². The van der Waals surface area contributed by atoms with Gasteiger partial charge in [0.25, 0.3) is 5.91 Å². The quantitative estimate of drug-likeness (QED) is 0.737. The van der Waals surface area contributed by atoms with E-state index in [1.165, 1.54) is 11.0 Å². The van der Waals surface area contributed by atoms with Crippen molar-refractivity contribution in [3.8, 4) is 0 Å². The number of hydrogen-bond acceptors (Lipinski definition) is 2. The van der Waals surface area contributed by atoms with E-state index in [4.69, 9.17) is 0 Å². The Hall–Kier alpha value is -1.11. The summed E-state index contributed by atoms with van der Waals surface area (Å²) in [6.07, 6.45) is -3.80. The van der Waals surface area contributed by atoms with Crippen LogP contribution in [0.1, 0.15) is 23.3 Å². The number of amides is 1. The predicted octanol–water partition coefficient (Wildman–Crippen LogP) is 3.26. The summed E-state index contributed by atoms with van der Waals surface area (Å²) in [7, 11) is 0. The normalized spacial score (nSPS) is 20.4. The largest absolute Gasteiger partial charge is 0.393 e. The second-order valence-electron chi connectivity index (χ2n) is 4.48. The van der Waals surface area contributed by atoms with Gasteiger partial charge in [-0.2, -0.15) is 13.2 Å². The average Bonchev–Trinajstić information content (AvgIpc) is 2.37. The molecule has 1 amide bonds. The highest BCUT2D eigenvalue weighted by molar-refractivity contribution is 9.10. The summed E-state index contributed by atoms with van der Waals surface area (Å²) < 4.78 is 38.5. The van der Waals surface area contributed by atoms with Crippen molar-refractivity contribution in [3.05, 3.63) is 28.5 Å². The Morgan fingerprint density at radius 3 is 2.79 bits per heavy atom. The molecule has 1 aliphatic rings. The lowest BCUT2D eigenvalue weighted by molar-refractivity contribution is -0.184. The number of rotatable bonds is 1. The van der Waals surface area contributed by atoms with Crippen molar-refractivity contribution in [2.75, 3.05) is 13.1 Å². The highest BCUT2D eigenvalue weighted by atomic mass is 79.9. The Morgan fingerprint density at radius 2 is 2.16 bits per heavy atom. The van der Waals surface area contributed by atoms with Crippen LogP contribution in [0.2, 0.25) is 0 Å². The predicted molar refractivity (Wildman–Crippen MR) is 66.6 cm³/mol. The highest BCUT2D eigenvalue weighted by Gasteiger charge is 2.42. The summed E-state index contributed by atoms with van der Waals surface area (Å²) in [5.41, 5.74) is 0.164. The zero-order chi connectivity index (χ0) is 14.0. The Kier molecular flexibility index (Phi) is 4.13. The van der Waals surface area contributed by atoms with Crippen molar-refractivity contribution in [1.82, 2.24) is 9.88 Å². The molecule has 0 N–H and O–H groups in total. The van der Waals surface area contributed by atoms with E-state index < -0.39 is 18.0 Å². The molecular weight excluding hydrogens is 325 g/mol. The first kappa shape index (κ1) is 14.3. The molecule has 1 aromatic rings. The molecule has 1 fully saturated rings. The molecule has 19 heavy (non-hydrogen) atoms. The summed E-state index contributed by atoms with van der Waals surface area (Å²) >= 11 is 3.14. The highest BCUT2D eigenvalue weighted by Crippen LogP contribution is 2.33. The topological polar surface area (TPSA) is 33.2 Å². The fourth-order valence-corrected chi connectivity index (χ4v) is 2.46. The van der Waals surface area contributed by atoms with Crippen molar-refractivity contribution >= 4 is 21.8 Å². The third-order valence-electron chi connectivity index (χ3n) is 3.11. The molecule has 0 aliphatic carbocycles. The number of aromatic nitrogens is 1. The molecule has 0 spiro atoms. The molecule has 104 valence electrons. The van der Waals surface area contributed by atoms with Gasteiger partial charge in [0.15, 0.2) is 0 Å². The maximum absolute atomic E-state index is 12.7. The van der Waals surface area contributed by atoms with Gasteiger partial charge in [-0.1, -0.05) is 6.07 Å². The maximum atomic E-state index is 12.7. The molecule has 0 saturated carbocycles. The van der Waals surface area contributed by atoms with Crippen molar-refractivity contribution in [2.24, 2.45) is 5.92 Å². The van der Waals surface area contributed by atoms with Crippen LogP contribution in [0.4, 0.5) is 13.2 Å². The van der Waals surface area contributed by atoms with E-state index in [2.05, 4.69) is 20.9 Å². The van der Waals surface area contributed by atoms with E-state index in [1.807, 2.05) is 0 Å². The van der Waals surface area contributed by atoms with Gasteiger partial charge < -0.3 is 4.90 Å². The van der Waals surface area contributed by atoms with Gasteiger partial charge in [-0.15, -0.1) is 0 Å². The maximum Gasteiger partial charge on any atom is 0.393 e. The van der Waals surface area contributed by atoms with Crippen molar-refractivity contribution in [1.29, 1.82) is 0 Å². The van der Waals surface area contributed by atoms with Crippen LogP contribution in [-0.2, 0) is 0 Å². The van der Waals surface area contributed by atoms with Gasteiger partial charge >= 0.3 is 6.18 Å². The van der Waals surface area contributed by atoms with Crippen LogP contribution in [0.25, 0.3) is 0 Å². The summed E-state index contributed by atoms with van der Waals surface area (Å²) in [6, 6.07) is 4.80. The van der Waals surface area contributed by atoms with Crippen LogP contribution < -0.4 is 0 Å². The fraction of sp³-hybridized carbons (Fsp3) is 0.500. The van der Waals surface area contributed by atoms with Crippen molar-refractivity contribution < 1.29 is 18.0 Å². The minimum Gasteiger partial charge on any atom is -0.337 e. The summed E-state index contributed by atoms with van der Waals surface area (Å²) in [5, 5.41) is 0. The lowest BCUT2D eigenvalue weighted by Crippen LogP contribution is -2.44. The molecule has 3 nitrogen and oxygen atoms in total. The molecule has 0 aromatic carbocycles. The SMILES string of the molecule is O=C(c1cccc(Br)n1)N1CCCC(C(F)(F)F)C1. The Bertz CT molecular complexity index is 478. The number of nitrogens with zero attached hydrogens (tertiary/aromatic N) is 2. The molecule has 1 saturated heterocycles. The average molecular weight is 337 g/mol. The monoisotopic (exact) mass is 336 g/mol. The first-order chi connectivity index (χ1) is 8.88. The molecular formula is C12H12BrF3N2O. The molecule has 1 aromatic heterocycles. The molecule has 2 rings (SSSR count). The lowest BCUT2D eigenvalue weighted by Gasteiger charge is -2.33. The van der Waals surface area contributed by atoms with Gasteiger partial charge in [0.2, 0.25) is 0 Å². The Labute approximate surface area is 116 Å². The van der Waals surface area contributed by atoms with E-state index in [9.17, 15) is 18.0 Å². The van der Waals surface area contributed by atoms with E-state index in [1.54, 1.807) is 12.1 Å². The number of halogens is 4. The first-order valence-electron chi connectivity index (χ1n) is 5.86. The standard InChI is InChI=1S/C12H12BrF3N2O/c13-10-5-1-4-9(17-10)11(19)18-6-2-3-8(7-18)12(14,15)16/h1,4-5,8H,2-3,6-7H2. The summed E-state index contributed by atoms with van der Waals surface area (Å²) in [5.74, 6) is -1.88. The number of hydrogen-bond donors (Lipinski definition) is 0. The van der Waals surface area contributed by atoms with Gasteiger partial charge in [0.1, 0.15) is 10.3 Å². The van der Waals surface area contributed by atoms with Gasteiger partial charge in [0, 0.05) is 13.1 Å². The Morgan fingerprint density at radius 1 is 1.42 bits per heavy atom. The molecule has 1 unspecified atom stereocenters. The minimum absolute atomic E-state index is 0.0825. The molecule has 0 bridgehead atoms. The summed E-state index contributed by atoms with van der Waals surface area (Å²) in [4.78, 5) is 17.3. The second kappa shape index (κ2) is 5.48. The smallest absolute Gasteiger partial charge is 0.337 e. The second-order valence-corrected chi connectivity index (χ2v) is 5.29. The minimum atomic E-state index is -4.25. The number of piperidine rings is 1. The van der Waals surface area contributed by atoms with E-state index >= 15 is 0 Å². The van der Waals surface area contributed by atoms with E-state index in [-0.39, 0.29) is 18.7 Å². The van der Waals surface area contributed by atoms with Crippen LogP contribution >= 0.6 is 15.9 Å².